The maximum atomic E-state index is 13.7. The van der Waals surface area contributed by atoms with E-state index in [0.29, 0.717) is 104 Å². The molecule has 67 heavy (non-hydrogen) atoms. The first-order chi connectivity index (χ1) is 32.4. The van der Waals surface area contributed by atoms with E-state index in [9.17, 15) is 29.4 Å². The SMILES string of the molecule is CC[C@@]1(O)C(=O)OCc2c1cc1n(c2=O)Cc2cc3c(CN4CCN(C(=O)N5CCN(c6ccc(C(=O)N[C@H]7CC[C@H](Oc8ccc(C#N)c(Cl)c8)CC7)nn6)CC5)CC4)c(O)ccc3nc2-1. The van der Waals surface area contributed by atoms with Crippen LogP contribution in [0.2, 0.25) is 5.02 Å². The summed E-state index contributed by atoms with van der Waals surface area (Å²) in [6.45, 7) is 6.58. The van der Waals surface area contributed by atoms with Gasteiger partial charge in [-0.2, -0.15) is 5.26 Å². The Labute approximate surface area is 390 Å². The molecular formula is C48H49ClN10O8. The molecule has 5 aromatic rings. The van der Waals surface area contributed by atoms with Crippen LogP contribution in [0.25, 0.3) is 22.3 Å². The second-order valence-corrected chi connectivity index (χ2v) is 18.3. The second kappa shape index (κ2) is 17.8. The summed E-state index contributed by atoms with van der Waals surface area (Å²) in [4.78, 5) is 66.0. The Kier molecular flexibility index (Phi) is 11.7. The van der Waals surface area contributed by atoms with Crippen LogP contribution in [-0.4, -0.2) is 127 Å². The number of phenolic OH excluding ortho intramolecular Hbond substituents is 1. The van der Waals surface area contributed by atoms with E-state index in [2.05, 4.69) is 25.3 Å². The highest BCUT2D eigenvalue weighted by Crippen LogP contribution is 2.40. The molecular weight excluding hydrogens is 880 g/mol. The van der Waals surface area contributed by atoms with Gasteiger partial charge in [-0.25, -0.2) is 14.6 Å². The van der Waals surface area contributed by atoms with E-state index in [1.54, 1.807) is 60.0 Å². The summed E-state index contributed by atoms with van der Waals surface area (Å²) in [5, 5.41) is 44.3. The van der Waals surface area contributed by atoms with E-state index < -0.39 is 11.6 Å². The predicted molar refractivity (Wildman–Crippen MR) is 245 cm³/mol. The molecule has 3 amide bonds. The van der Waals surface area contributed by atoms with Gasteiger partial charge >= 0.3 is 12.0 Å². The first-order valence-electron chi connectivity index (χ1n) is 22.7. The molecule has 1 atom stereocenters. The summed E-state index contributed by atoms with van der Waals surface area (Å²) >= 11 is 6.15. The van der Waals surface area contributed by atoms with E-state index in [0.717, 1.165) is 36.6 Å². The summed E-state index contributed by atoms with van der Waals surface area (Å²) in [7, 11) is 0. The fourth-order valence-corrected chi connectivity index (χ4v) is 10.2. The van der Waals surface area contributed by atoms with Crippen LogP contribution in [0.4, 0.5) is 10.6 Å². The van der Waals surface area contributed by atoms with E-state index in [-0.39, 0.29) is 71.8 Å². The highest BCUT2D eigenvalue weighted by atomic mass is 35.5. The van der Waals surface area contributed by atoms with Crippen molar-refractivity contribution in [2.24, 2.45) is 0 Å². The maximum absolute atomic E-state index is 13.7. The van der Waals surface area contributed by atoms with Gasteiger partial charge in [0.25, 0.3) is 11.5 Å². The van der Waals surface area contributed by atoms with Gasteiger partial charge in [-0.3, -0.25) is 14.5 Å². The predicted octanol–water partition coefficient (Wildman–Crippen LogP) is 4.28. The number of fused-ring (bicyclic) bond motifs is 5. The highest BCUT2D eigenvalue weighted by Gasteiger charge is 2.45. The fourth-order valence-electron chi connectivity index (χ4n) is 9.97. The zero-order valence-corrected chi connectivity index (χ0v) is 37.7. The van der Waals surface area contributed by atoms with Crippen molar-refractivity contribution in [2.75, 3.05) is 57.3 Å². The van der Waals surface area contributed by atoms with Gasteiger partial charge in [0.05, 0.1) is 45.7 Å². The van der Waals surface area contributed by atoms with Crippen molar-refractivity contribution in [3.05, 3.63) is 103 Å². The molecule has 1 aliphatic carbocycles. The molecule has 0 radical (unpaired) electrons. The number of aromatic hydroxyl groups is 1. The molecule has 0 unspecified atom stereocenters. The van der Waals surface area contributed by atoms with Crippen molar-refractivity contribution in [3.63, 3.8) is 0 Å². The van der Waals surface area contributed by atoms with Gasteiger partial charge in [0, 0.05) is 93.1 Å². The van der Waals surface area contributed by atoms with Crippen molar-refractivity contribution >= 4 is 46.2 Å². The number of nitrogens with zero attached hydrogens (tertiary/aromatic N) is 9. The summed E-state index contributed by atoms with van der Waals surface area (Å²) in [6, 6.07) is 17.6. The number of hydrogen-bond donors (Lipinski definition) is 3. The summed E-state index contributed by atoms with van der Waals surface area (Å²) in [6.07, 6.45) is 3.07. The number of hydrogen-bond acceptors (Lipinski definition) is 14. The Morgan fingerprint density at radius 2 is 1.70 bits per heavy atom. The number of anilines is 1. The lowest BCUT2D eigenvalue weighted by atomic mass is 9.86. The van der Waals surface area contributed by atoms with Gasteiger partial charge < -0.3 is 44.3 Å². The molecule has 3 aromatic heterocycles. The second-order valence-electron chi connectivity index (χ2n) is 17.8. The fraction of sp³-hybridized carbons (Fsp3) is 0.417. The average molecular weight is 929 g/mol. The highest BCUT2D eigenvalue weighted by molar-refractivity contribution is 6.31. The van der Waals surface area contributed by atoms with Crippen molar-refractivity contribution in [1.82, 2.24) is 39.8 Å². The quantitative estimate of drug-likeness (QED) is 0.182. The van der Waals surface area contributed by atoms with Crippen LogP contribution in [0, 0.1) is 11.3 Å². The maximum Gasteiger partial charge on any atom is 0.343 e. The first kappa shape index (κ1) is 44.0. The number of cyclic esters (lactones) is 1. The zero-order chi connectivity index (χ0) is 46.6. The minimum atomic E-state index is -1.91. The smallest absolute Gasteiger partial charge is 0.343 e. The molecule has 4 aliphatic heterocycles. The third-order valence-corrected chi connectivity index (χ3v) is 14.2. The van der Waals surface area contributed by atoms with Gasteiger partial charge in [0.1, 0.15) is 24.2 Å². The number of esters is 1. The van der Waals surface area contributed by atoms with E-state index in [4.69, 9.17) is 31.3 Å². The van der Waals surface area contributed by atoms with Crippen molar-refractivity contribution < 1.29 is 34.1 Å². The third-order valence-electron chi connectivity index (χ3n) is 13.9. The molecule has 3 N–H and O–H groups in total. The topological polar surface area (TPSA) is 220 Å². The number of piperazine rings is 2. The number of benzene rings is 2. The van der Waals surface area contributed by atoms with Gasteiger partial charge in [-0.15, -0.1) is 10.2 Å². The molecule has 346 valence electrons. The van der Waals surface area contributed by atoms with Gasteiger partial charge in [-0.1, -0.05) is 18.5 Å². The number of nitriles is 1. The van der Waals surface area contributed by atoms with Gasteiger partial charge in [0.2, 0.25) is 0 Å². The van der Waals surface area contributed by atoms with Crippen LogP contribution < -0.4 is 20.5 Å². The van der Waals surface area contributed by atoms with Crippen LogP contribution in [0.3, 0.4) is 0 Å². The normalized spacial score (nSPS) is 21.5. The lowest BCUT2D eigenvalue weighted by Crippen LogP contribution is -2.56. The van der Waals surface area contributed by atoms with E-state index >= 15 is 0 Å². The van der Waals surface area contributed by atoms with Crippen molar-refractivity contribution in [3.8, 4) is 29.0 Å². The number of urea groups is 1. The summed E-state index contributed by atoms with van der Waals surface area (Å²) in [5.74, 6) is 0.350. The third kappa shape index (κ3) is 8.25. The molecule has 5 aliphatic rings. The number of carbonyl (C=O) groups is 3. The number of aliphatic hydroxyl groups is 1. The van der Waals surface area contributed by atoms with Crippen molar-refractivity contribution in [2.45, 2.75) is 76.5 Å². The van der Waals surface area contributed by atoms with Crippen LogP contribution >= 0.6 is 11.6 Å². The Morgan fingerprint density at radius 3 is 2.39 bits per heavy atom. The Hall–Kier alpha value is -6.81. The molecule has 1 saturated carbocycles. The van der Waals surface area contributed by atoms with Crippen molar-refractivity contribution in [1.29, 1.82) is 5.26 Å². The molecule has 0 bridgehead atoms. The summed E-state index contributed by atoms with van der Waals surface area (Å²) < 4.78 is 12.9. The molecule has 3 fully saturated rings. The van der Waals surface area contributed by atoms with E-state index in [1.165, 1.54) is 0 Å². The van der Waals surface area contributed by atoms with Gasteiger partial charge in [0.15, 0.2) is 17.1 Å². The Balaban J connectivity index is 0.701. The average Bonchev–Trinajstić information content (AvgIpc) is 3.71. The number of halogens is 1. The van der Waals surface area contributed by atoms with Crippen LogP contribution in [0.1, 0.15) is 77.3 Å². The number of rotatable bonds is 8. The van der Waals surface area contributed by atoms with Crippen LogP contribution in [0.5, 0.6) is 11.5 Å². The molecule has 7 heterocycles. The number of phenols is 1. The zero-order valence-electron chi connectivity index (χ0n) is 36.9. The number of nitrogens with one attached hydrogen (secondary N) is 1. The largest absolute Gasteiger partial charge is 0.508 e. The minimum absolute atomic E-state index is 0.00836. The number of ether oxygens (including phenoxy) is 2. The van der Waals surface area contributed by atoms with Gasteiger partial charge in [-0.05, 0) is 80.6 Å². The molecule has 19 heteroatoms. The monoisotopic (exact) mass is 928 g/mol. The lowest BCUT2D eigenvalue weighted by molar-refractivity contribution is -0.172. The number of amides is 3. The number of aromatic nitrogens is 4. The minimum Gasteiger partial charge on any atom is -0.508 e. The number of carbonyl (C=O) groups excluding carboxylic acids is 3. The van der Waals surface area contributed by atoms with Crippen LogP contribution in [0.15, 0.2) is 59.4 Å². The Bertz CT molecular complexity index is 2900. The summed E-state index contributed by atoms with van der Waals surface area (Å²) in [5.41, 5.74) is 2.17. The van der Waals surface area contributed by atoms with E-state index in [1.807, 2.05) is 21.9 Å². The molecule has 2 saturated heterocycles. The molecule has 18 nitrogen and oxygen atoms in total. The molecule has 10 rings (SSSR count). The standard InChI is InChI=1S/C48H49ClN10O8/c1-2-48(65)36-23-40-43-29(25-59(40)45(62)35(36)27-66-46(48)63)21-33-34(41(60)11-9-38(33)52-43)26-55-13-15-57(16-14-55)47(64)58-19-17-56(18-20-58)42-12-10-39(53-54-42)44(61)51-30-4-7-31(8-5-30)67-32-6-3-28(24-50)37(49)22-32/h3,6,9-12,21-23,30-31,60,65H,2,4-5,7-8,13-20,25-27H2,1H3,(H,51,61)/t30-,31-,48-/m0/s1. The number of pyridine rings is 2. The van der Waals surface area contributed by atoms with Crippen LogP contribution in [-0.2, 0) is 34.8 Å². The first-order valence-corrected chi connectivity index (χ1v) is 23.1. The molecule has 0 spiro atoms. The lowest BCUT2D eigenvalue weighted by Gasteiger charge is -2.40. The Morgan fingerprint density at radius 1 is 0.955 bits per heavy atom. The molecule has 2 aromatic carbocycles.